The minimum absolute atomic E-state index is 0.936. The third kappa shape index (κ3) is 0.939. The highest BCUT2D eigenvalue weighted by molar-refractivity contribution is 5.87. The predicted molar refractivity (Wildman–Crippen MR) is 53.0 cm³/mol. The van der Waals surface area contributed by atoms with Gasteiger partial charge in [-0.3, -0.25) is 0 Å². The van der Waals surface area contributed by atoms with Crippen molar-refractivity contribution < 1.29 is 4.74 Å². The number of rotatable bonds is 0. The topological polar surface area (TPSA) is 39.9 Å². The number of aromatic nitrogens is 3. The SMILES string of the molecule is C1=Cc2c3ncncc3cn2C=CO1. The van der Waals surface area contributed by atoms with Crippen molar-refractivity contribution in [1.82, 2.24) is 14.5 Å². The van der Waals surface area contributed by atoms with E-state index in [0.717, 1.165) is 16.6 Å². The van der Waals surface area contributed by atoms with E-state index in [1.807, 2.05) is 23.0 Å². The lowest BCUT2D eigenvalue weighted by Gasteiger charge is -1.93. The van der Waals surface area contributed by atoms with Crippen LogP contribution in [-0.4, -0.2) is 14.5 Å². The van der Waals surface area contributed by atoms with Gasteiger partial charge >= 0.3 is 0 Å². The maximum atomic E-state index is 5.06. The van der Waals surface area contributed by atoms with Crippen molar-refractivity contribution in [2.24, 2.45) is 0 Å². The Hall–Kier alpha value is -2.10. The molecule has 1 aliphatic rings. The number of ether oxygens (including phenoxy) is 1. The lowest BCUT2D eigenvalue weighted by molar-refractivity contribution is 0.410. The number of fused-ring (bicyclic) bond motifs is 3. The molecule has 0 fully saturated rings. The third-order valence-corrected chi connectivity index (χ3v) is 2.14. The monoisotopic (exact) mass is 185 g/mol. The molecule has 2 aromatic rings. The normalized spacial score (nSPS) is 13.7. The van der Waals surface area contributed by atoms with Crippen LogP contribution in [0.4, 0.5) is 0 Å². The lowest BCUT2D eigenvalue weighted by atomic mass is 10.3. The van der Waals surface area contributed by atoms with Crippen molar-refractivity contribution in [3.63, 3.8) is 0 Å². The highest BCUT2D eigenvalue weighted by atomic mass is 16.5. The molecule has 14 heavy (non-hydrogen) atoms. The fraction of sp³-hybridized carbons (Fsp3) is 0. The molecule has 0 aliphatic carbocycles. The molecule has 0 saturated heterocycles. The summed E-state index contributed by atoms with van der Waals surface area (Å²) in [5.74, 6) is 0. The van der Waals surface area contributed by atoms with Gasteiger partial charge in [0.25, 0.3) is 0 Å². The van der Waals surface area contributed by atoms with Gasteiger partial charge in [0.2, 0.25) is 0 Å². The third-order valence-electron chi connectivity index (χ3n) is 2.14. The van der Waals surface area contributed by atoms with Gasteiger partial charge in [-0.15, -0.1) is 0 Å². The van der Waals surface area contributed by atoms with E-state index in [9.17, 15) is 0 Å². The van der Waals surface area contributed by atoms with E-state index in [1.54, 1.807) is 25.0 Å². The number of hydrogen-bond acceptors (Lipinski definition) is 3. The Morgan fingerprint density at radius 2 is 2.29 bits per heavy atom. The molecule has 0 spiro atoms. The second-order valence-electron chi connectivity index (χ2n) is 2.97. The molecule has 0 aromatic carbocycles. The first-order chi connectivity index (χ1) is 6.95. The van der Waals surface area contributed by atoms with Crippen molar-refractivity contribution in [2.45, 2.75) is 0 Å². The fourth-order valence-electron chi connectivity index (χ4n) is 1.53. The largest absolute Gasteiger partial charge is 0.471 e. The molecule has 4 nitrogen and oxygen atoms in total. The molecule has 0 bridgehead atoms. The Labute approximate surface area is 80.2 Å². The van der Waals surface area contributed by atoms with Gasteiger partial charge in [0, 0.05) is 24.0 Å². The Balaban J connectivity index is 2.41. The van der Waals surface area contributed by atoms with Crippen LogP contribution in [0.25, 0.3) is 23.2 Å². The van der Waals surface area contributed by atoms with Gasteiger partial charge in [0.05, 0.1) is 17.5 Å². The zero-order valence-electron chi connectivity index (χ0n) is 7.29. The standard InChI is InChI=1S/C10H7N3O/c1-3-14-4-2-13-6-8-5-11-7-12-10(8)9(1)13/h1-7H. The molecular formula is C10H7N3O. The molecule has 0 N–H and O–H groups in total. The average Bonchev–Trinajstić information content (AvgIpc) is 2.42. The molecule has 0 atom stereocenters. The van der Waals surface area contributed by atoms with E-state index in [2.05, 4.69) is 9.97 Å². The van der Waals surface area contributed by atoms with E-state index in [4.69, 9.17) is 4.74 Å². The van der Waals surface area contributed by atoms with Crippen LogP contribution in [0.3, 0.4) is 0 Å². The van der Waals surface area contributed by atoms with Gasteiger partial charge in [-0.2, -0.15) is 0 Å². The first-order valence-electron chi connectivity index (χ1n) is 4.24. The maximum absolute atomic E-state index is 5.06. The summed E-state index contributed by atoms with van der Waals surface area (Å²) in [6, 6.07) is 0. The molecule has 4 heteroatoms. The minimum atomic E-state index is 0.936. The van der Waals surface area contributed by atoms with Crippen molar-refractivity contribution in [3.8, 4) is 0 Å². The summed E-state index contributed by atoms with van der Waals surface area (Å²) in [6.45, 7) is 0. The number of hydrogen-bond donors (Lipinski definition) is 0. The fourth-order valence-corrected chi connectivity index (χ4v) is 1.53. The van der Waals surface area contributed by atoms with Gasteiger partial charge in [-0.05, 0) is 6.08 Å². The van der Waals surface area contributed by atoms with Crippen molar-refractivity contribution in [1.29, 1.82) is 0 Å². The molecule has 3 heterocycles. The van der Waals surface area contributed by atoms with Crippen molar-refractivity contribution >= 4 is 23.2 Å². The first kappa shape index (κ1) is 7.32. The van der Waals surface area contributed by atoms with Crippen LogP contribution in [0.1, 0.15) is 5.69 Å². The molecule has 3 rings (SSSR count). The van der Waals surface area contributed by atoms with Crippen molar-refractivity contribution in [2.75, 3.05) is 0 Å². The van der Waals surface area contributed by atoms with Crippen LogP contribution < -0.4 is 0 Å². The summed E-state index contributed by atoms with van der Waals surface area (Å²) in [4.78, 5) is 8.20. The Kier molecular flexibility index (Phi) is 1.41. The second-order valence-corrected chi connectivity index (χ2v) is 2.97. The molecule has 0 amide bonds. The molecule has 68 valence electrons. The Bertz CT molecular complexity index is 539. The van der Waals surface area contributed by atoms with Crippen LogP contribution in [0.5, 0.6) is 0 Å². The molecule has 1 aliphatic heterocycles. The highest BCUT2D eigenvalue weighted by Crippen LogP contribution is 2.21. The van der Waals surface area contributed by atoms with Crippen LogP contribution in [0.15, 0.2) is 31.2 Å². The summed E-state index contributed by atoms with van der Waals surface area (Å²) in [5, 5.41) is 1.03. The van der Waals surface area contributed by atoms with Crippen molar-refractivity contribution in [3.05, 3.63) is 36.9 Å². The number of nitrogens with zero attached hydrogens (tertiary/aromatic N) is 3. The molecular weight excluding hydrogens is 178 g/mol. The zero-order chi connectivity index (χ0) is 9.38. The van der Waals surface area contributed by atoms with Crippen LogP contribution in [0, 0.1) is 0 Å². The summed E-state index contributed by atoms with van der Waals surface area (Å²) < 4.78 is 7.02. The second kappa shape index (κ2) is 2.70. The Morgan fingerprint density at radius 1 is 1.29 bits per heavy atom. The Morgan fingerprint density at radius 3 is 3.29 bits per heavy atom. The van der Waals surface area contributed by atoms with Gasteiger partial charge in [-0.25, -0.2) is 9.97 Å². The summed E-state index contributed by atoms with van der Waals surface area (Å²) in [7, 11) is 0. The van der Waals surface area contributed by atoms with E-state index < -0.39 is 0 Å². The predicted octanol–water partition coefficient (Wildman–Crippen LogP) is 1.86. The van der Waals surface area contributed by atoms with E-state index in [-0.39, 0.29) is 0 Å². The van der Waals surface area contributed by atoms with Crippen LogP contribution in [0.2, 0.25) is 0 Å². The smallest absolute Gasteiger partial charge is 0.116 e. The van der Waals surface area contributed by atoms with Gasteiger partial charge in [0.15, 0.2) is 0 Å². The van der Waals surface area contributed by atoms with Crippen LogP contribution >= 0.6 is 0 Å². The highest BCUT2D eigenvalue weighted by Gasteiger charge is 2.07. The molecule has 0 saturated carbocycles. The lowest BCUT2D eigenvalue weighted by Crippen LogP contribution is -1.85. The van der Waals surface area contributed by atoms with E-state index >= 15 is 0 Å². The zero-order valence-corrected chi connectivity index (χ0v) is 7.29. The molecule has 0 radical (unpaired) electrons. The summed E-state index contributed by atoms with van der Waals surface area (Å²) in [6.07, 6.45) is 12.3. The summed E-state index contributed by atoms with van der Waals surface area (Å²) >= 11 is 0. The maximum Gasteiger partial charge on any atom is 0.116 e. The molecule has 0 unspecified atom stereocenters. The summed E-state index contributed by atoms with van der Waals surface area (Å²) in [5.41, 5.74) is 1.95. The molecule has 2 aromatic heterocycles. The van der Waals surface area contributed by atoms with E-state index in [0.29, 0.717) is 0 Å². The van der Waals surface area contributed by atoms with Gasteiger partial charge in [-0.1, -0.05) is 0 Å². The van der Waals surface area contributed by atoms with Crippen LogP contribution in [-0.2, 0) is 4.74 Å². The van der Waals surface area contributed by atoms with Gasteiger partial charge in [0.1, 0.15) is 12.6 Å². The first-order valence-corrected chi connectivity index (χ1v) is 4.24. The average molecular weight is 185 g/mol. The van der Waals surface area contributed by atoms with E-state index in [1.165, 1.54) is 0 Å². The quantitative estimate of drug-likeness (QED) is 0.629. The van der Waals surface area contributed by atoms with Gasteiger partial charge < -0.3 is 9.30 Å². The minimum Gasteiger partial charge on any atom is -0.471 e.